The van der Waals surface area contributed by atoms with Crippen molar-refractivity contribution in [2.45, 2.75) is 25.7 Å². The number of nitrogens with zero attached hydrogens (tertiary/aromatic N) is 1. The number of hydrogen-bond acceptors (Lipinski definition) is 2. The predicted octanol–water partition coefficient (Wildman–Crippen LogP) is 5.90. The lowest BCUT2D eigenvalue weighted by molar-refractivity contribution is 0.210. The third-order valence-corrected chi connectivity index (χ3v) is 4.52. The highest BCUT2D eigenvalue weighted by molar-refractivity contribution is 6.32. The van der Waals surface area contributed by atoms with E-state index in [1.54, 1.807) is 7.11 Å². The molecule has 4 heteroatoms. The molecule has 0 N–H and O–H groups in total. The van der Waals surface area contributed by atoms with Crippen molar-refractivity contribution in [2.24, 2.45) is 5.16 Å². The minimum Gasteiger partial charge on any atom is -0.399 e. The number of rotatable bonds is 5. The van der Waals surface area contributed by atoms with Gasteiger partial charge in [-0.3, -0.25) is 0 Å². The lowest BCUT2D eigenvalue weighted by atomic mass is 9.85. The zero-order valence-corrected chi connectivity index (χ0v) is 14.4. The largest absolute Gasteiger partial charge is 0.399 e. The zero-order chi connectivity index (χ0) is 16.1. The van der Waals surface area contributed by atoms with Crippen molar-refractivity contribution in [3.63, 3.8) is 0 Å². The molecule has 2 aromatic rings. The second-order valence-electron chi connectivity index (χ2n) is 5.19. The van der Waals surface area contributed by atoms with Gasteiger partial charge in [0.1, 0.15) is 7.11 Å². The van der Waals surface area contributed by atoms with Crippen LogP contribution in [0, 0.1) is 0 Å². The summed E-state index contributed by atoms with van der Waals surface area (Å²) in [6.07, 6.45) is 0. The Morgan fingerprint density at radius 1 is 0.864 bits per heavy atom. The van der Waals surface area contributed by atoms with E-state index in [0.29, 0.717) is 0 Å². The standard InChI is InChI=1S/C18H19Cl2NO/c1-12(14-8-4-6-10-16(14)19)18(21-22-3)13(2)15-9-5-7-11-17(15)20/h4-13H,1-3H3. The van der Waals surface area contributed by atoms with Crippen LogP contribution >= 0.6 is 23.2 Å². The van der Waals surface area contributed by atoms with Crippen LogP contribution in [0.3, 0.4) is 0 Å². The summed E-state index contributed by atoms with van der Waals surface area (Å²) in [5.41, 5.74) is 2.95. The van der Waals surface area contributed by atoms with E-state index in [1.807, 2.05) is 48.5 Å². The molecular formula is C18H19Cl2NO. The van der Waals surface area contributed by atoms with Gasteiger partial charge in [-0.05, 0) is 23.3 Å². The minimum absolute atomic E-state index is 0.0277. The maximum Gasteiger partial charge on any atom is 0.106 e. The average Bonchev–Trinajstić information content (AvgIpc) is 2.52. The molecule has 0 bridgehead atoms. The van der Waals surface area contributed by atoms with Gasteiger partial charge in [-0.25, -0.2) is 0 Å². The first-order valence-electron chi connectivity index (χ1n) is 7.16. The van der Waals surface area contributed by atoms with Gasteiger partial charge in [0.25, 0.3) is 0 Å². The van der Waals surface area contributed by atoms with Crippen LogP contribution in [-0.4, -0.2) is 12.8 Å². The van der Waals surface area contributed by atoms with Gasteiger partial charge in [-0.1, -0.05) is 78.6 Å². The lowest BCUT2D eigenvalue weighted by Gasteiger charge is -2.22. The summed E-state index contributed by atoms with van der Waals surface area (Å²) in [6, 6.07) is 15.6. The van der Waals surface area contributed by atoms with Gasteiger partial charge in [-0.15, -0.1) is 0 Å². The molecule has 2 nitrogen and oxygen atoms in total. The van der Waals surface area contributed by atoms with E-state index in [0.717, 1.165) is 26.9 Å². The van der Waals surface area contributed by atoms with E-state index in [2.05, 4.69) is 19.0 Å². The van der Waals surface area contributed by atoms with Gasteiger partial charge in [0, 0.05) is 21.9 Å². The van der Waals surface area contributed by atoms with Gasteiger partial charge in [0.2, 0.25) is 0 Å². The van der Waals surface area contributed by atoms with Crippen molar-refractivity contribution in [1.29, 1.82) is 0 Å². The van der Waals surface area contributed by atoms with Crippen LogP contribution in [0.1, 0.15) is 36.8 Å². The van der Waals surface area contributed by atoms with Crippen LogP contribution in [-0.2, 0) is 4.84 Å². The molecule has 22 heavy (non-hydrogen) atoms. The summed E-state index contributed by atoms with van der Waals surface area (Å²) >= 11 is 12.6. The van der Waals surface area contributed by atoms with Crippen molar-refractivity contribution in [3.05, 3.63) is 69.7 Å². The maximum atomic E-state index is 6.32. The smallest absolute Gasteiger partial charge is 0.106 e. The van der Waals surface area contributed by atoms with Crippen LogP contribution in [0.2, 0.25) is 10.0 Å². The second-order valence-corrected chi connectivity index (χ2v) is 6.00. The fraction of sp³-hybridized carbons (Fsp3) is 0.278. The van der Waals surface area contributed by atoms with Crippen LogP contribution in [0.15, 0.2) is 53.7 Å². The van der Waals surface area contributed by atoms with Gasteiger partial charge in [0.05, 0.1) is 5.71 Å². The van der Waals surface area contributed by atoms with Gasteiger partial charge >= 0.3 is 0 Å². The van der Waals surface area contributed by atoms with E-state index < -0.39 is 0 Å². The number of halogens is 2. The van der Waals surface area contributed by atoms with E-state index in [9.17, 15) is 0 Å². The molecule has 0 fully saturated rings. The fourth-order valence-corrected chi connectivity index (χ4v) is 3.21. The van der Waals surface area contributed by atoms with Crippen LogP contribution in [0.25, 0.3) is 0 Å². The highest BCUT2D eigenvalue weighted by atomic mass is 35.5. The second kappa shape index (κ2) is 7.66. The third-order valence-electron chi connectivity index (χ3n) is 3.83. The highest BCUT2D eigenvalue weighted by Crippen LogP contribution is 2.33. The molecule has 2 atom stereocenters. The van der Waals surface area contributed by atoms with Crippen molar-refractivity contribution in [1.82, 2.24) is 0 Å². The summed E-state index contributed by atoms with van der Waals surface area (Å²) in [6.45, 7) is 4.15. The van der Waals surface area contributed by atoms with Crippen molar-refractivity contribution < 1.29 is 4.84 Å². The Morgan fingerprint density at radius 3 is 1.64 bits per heavy atom. The average molecular weight is 336 g/mol. The molecule has 116 valence electrons. The first-order chi connectivity index (χ1) is 10.6. The SMILES string of the molecule is CON=C(C(C)c1ccccc1Cl)C(C)c1ccccc1Cl. The summed E-state index contributed by atoms with van der Waals surface area (Å²) in [4.78, 5) is 5.07. The first kappa shape index (κ1) is 16.9. The maximum absolute atomic E-state index is 6.32. The monoisotopic (exact) mass is 335 g/mol. The Labute approximate surface area is 141 Å². The molecule has 0 aliphatic rings. The number of benzene rings is 2. The van der Waals surface area contributed by atoms with E-state index in [-0.39, 0.29) is 11.8 Å². The van der Waals surface area contributed by atoms with Crippen LogP contribution < -0.4 is 0 Å². The molecule has 0 heterocycles. The van der Waals surface area contributed by atoms with E-state index in [1.165, 1.54) is 0 Å². The Hall–Kier alpha value is -1.51. The minimum atomic E-state index is 0.0277. The predicted molar refractivity (Wildman–Crippen MR) is 94.2 cm³/mol. The van der Waals surface area contributed by atoms with Gasteiger partial charge in [-0.2, -0.15) is 0 Å². The number of hydrogen-bond donors (Lipinski definition) is 0. The van der Waals surface area contributed by atoms with E-state index in [4.69, 9.17) is 28.0 Å². The quantitative estimate of drug-likeness (QED) is 0.492. The van der Waals surface area contributed by atoms with Crippen LogP contribution in [0.5, 0.6) is 0 Å². The molecule has 0 aliphatic heterocycles. The topological polar surface area (TPSA) is 21.6 Å². The van der Waals surface area contributed by atoms with Crippen molar-refractivity contribution in [2.75, 3.05) is 7.11 Å². The van der Waals surface area contributed by atoms with Crippen LogP contribution in [0.4, 0.5) is 0 Å². The lowest BCUT2D eigenvalue weighted by Crippen LogP contribution is -2.18. The van der Waals surface area contributed by atoms with E-state index >= 15 is 0 Å². The molecule has 0 aliphatic carbocycles. The summed E-state index contributed by atoms with van der Waals surface area (Å²) in [5, 5.41) is 5.71. The molecule has 0 radical (unpaired) electrons. The molecule has 2 unspecified atom stereocenters. The molecular weight excluding hydrogens is 317 g/mol. The molecule has 2 rings (SSSR count). The van der Waals surface area contributed by atoms with Crippen molar-refractivity contribution >= 4 is 28.9 Å². The first-order valence-corrected chi connectivity index (χ1v) is 7.91. The fourth-order valence-electron chi connectivity index (χ4n) is 2.61. The molecule has 0 spiro atoms. The summed E-state index contributed by atoms with van der Waals surface area (Å²) in [7, 11) is 1.55. The zero-order valence-electron chi connectivity index (χ0n) is 12.9. The van der Waals surface area contributed by atoms with Crippen molar-refractivity contribution in [3.8, 4) is 0 Å². The molecule has 0 saturated heterocycles. The molecule has 0 amide bonds. The third kappa shape index (κ3) is 3.63. The molecule has 0 saturated carbocycles. The number of oxime groups is 1. The Morgan fingerprint density at radius 2 is 1.27 bits per heavy atom. The summed E-state index contributed by atoms with van der Waals surface area (Å²) < 4.78 is 0. The Balaban J connectivity index is 2.41. The normalized spacial score (nSPS) is 13.3. The molecule has 0 aromatic heterocycles. The molecule has 2 aromatic carbocycles. The van der Waals surface area contributed by atoms with Gasteiger partial charge < -0.3 is 4.84 Å². The summed E-state index contributed by atoms with van der Waals surface area (Å²) in [5.74, 6) is 0.0554. The Kier molecular flexibility index (Phi) is 5.87. The van der Waals surface area contributed by atoms with Gasteiger partial charge in [0.15, 0.2) is 0 Å². The Bertz CT molecular complexity index is 616. The highest BCUT2D eigenvalue weighted by Gasteiger charge is 2.24.